The van der Waals surface area contributed by atoms with E-state index in [1.54, 1.807) is 0 Å². The number of hydrogen-bond donors (Lipinski definition) is 0. The molecule has 6 aromatic carbocycles. The molecular weight excluding hydrogens is 552 g/mol. The molecule has 0 amide bonds. The molecule has 210 valence electrons. The maximum atomic E-state index is 7.33. The van der Waals surface area contributed by atoms with E-state index in [1.165, 1.54) is 0 Å². The van der Waals surface area contributed by atoms with Crippen molar-refractivity contribution >= 4 is 27.6 Å². The minimum absolute atomic E-state index is 0.612. The molecule has 8 rings (SSSR count). The third-order valence-corrected chi connectivity index (χ3v) is 7.99. The molecule has 0 atom stereocenters. The van der Waals surface area contributed by atoms with Gasteiger partial charge >= 0.3 is 0 Å². The third-order valence-electron chi connectivity index (χ3n) is 7.99. The summed E-state index contributed by atoms with van der Waals surface area (Å²) in [6.45, 7) is 7.33. The highest BCUT2D eigenvalue weighted by atomic mass is 16.3. The van der Waals surface area contributed by atoms with Crippen molar-refractivity contribution in [2.75, 3.05) is 0 Å². The highest BCUT2D eigenvalue weighted by Crippen LogP contribution is 2.42. The molecule has 0 radical (unpaired) electrons. The Morgan fingerprint density at radius 2 is 0.911 bits per heavy atom. The summed E-state index contributed by atoms with van der Waals surface area (Å²) in [7, 11) is 0. The van der Waals surface area contributed by atoms with Crippen molar-refractivity contribution in [2.24, 2.45) is 0 Å². The van der Waals surface area contributed by atoms with Crippen LogP contribution in [0.3, 0.4) is 0 Å². The summed E-state index contributed by atoms with van der Waals surface area (Å²) in [6, 6.07) is 48.4. The summed E-state index contributed by atoms with van der Waals surface area (Å²) in [4.78, 5) is 18.1. The van der Waals surface area contributed by atoms with Gasteiger partial charge in [0, 0.05) is 33.0 Å². The van der Waals surface area contributed by atoms with E-state index in [0.29, 0.717) is 23.2 Å². The average Bonchev–Trinajstić information content (AvgIpc) is 3.52. The van der Waals surface area contributed by atoms with Crippen LogP contribution < -0.4 is 0 Å². The summed E-state index contributed by atoms with van der Waals surface area (Å²) in [5, 5.41) is 2.11. The zero-order chi connectivity index (χ0) is 30.2. The fourth-order valence-electron chi connectivity index (χ4n) is 5.75. The zero-order valence-electron chi connectivity index (χ0n) is 24.1. The van der Waals surface area contributed by atoms with Crippen molar-refractivity contribution < 1.29 is 4.42 Å². The molecule has 2 heterocycles. The van der Waals surface area contributed by atoms with E-state index in [0.717, 1.165) is 60.9 Å². The molecule has 0 saturated carbocycles. The van der Waals surface area contributed by atoms with Crippen LogP contribution in [0.25, 0.3) is 83.2 Å². The van der Waals surface area contributed by atoms with E-state index in [-0.39, 0.29) is 0 Å². The number of rotatable bonds is 5. The highest BCUT2D eigenvalue weighted by Gasteiger charge is 2.18. The Labute approximate surface area is 260 Å². The van der Waals surface area contributed by atoms with Gasteiger partial charge in [0.2, 0.25) is 0 Å². The first-order chi connectivity index (χ1) is 22.2. The Morgan fingerprint density at radius 3 is 1.51 bits per heavy atom. The summed E-state index contributed by atoms with van der Waals surface area (Å²) < 4.78 is 6.51. The van der Waals surface area contributed by atoms with Crippen molar-refractivity contribution in [3.05, 3.63) is 157 Å². The molecule has 2 aromatic heterocycles. The lowest BCUT2D eigenvalue weighted by Gasteiger charge is -2.10. The van der Waals surface area contributed by atoms with Crippen LogP contribution in [0.2, 0.25) is 0 Å². The van der Waals surface area contributed by atoms with Gasteiger partial charge in [-0.05, 0) is 28.8 Å². The van der Waals surface area contributed by atoms with Gasteiger partial charge in [0.25, 0.3) is 0 Å². The molecular formula is C40H24N4O. The van der Waals surface area contributed by atoms with Crippen molar-refractivity contribution in [1.82, 2.24) is 15.0 Å². The Hall–Kier alpha value is -6.38. The molecule has 0 fully saturated rings. The lowest BCUT2D eigenvalue weighted by molar-refractivity contribution is 0.670. The number of aromatic nitrogens is 3. The Bertz CT molecular complexity index is 2300. The van der Waals surface area contributed by atoms with Gasteiger partial charge in [-0.25, -0.2) is 19.8 Å². The molecule has 0 aliphatic carbocycles. The Kier molecular flexibility index (Phi) is 6.44. The second-order valence-electron chi connectivity index (χ2n) is 10.7. The van der Waals surface area contributed by atoms with Crippen molar-refractivity contribution in [3.63, 3.8) is 0 Å². The van der Waals surface area contributed by atoms with E-state index in [9.17, 15) is 0 Å². The van der Waals surface area contributed by atoms with Gasteiger partial charge in [0.1, 0.15) is 11.2 Å². The topological polar surface area (TPSA) is 56.2 Å². The third kappa shape index (κ3) is 4.81. The fourth-order valence-corrected chi connectivity index (χ4v) is 5.75. The van der Waals surface area contributed by atoms with Gasteiger partial charge in [-0.2, -0.15) is 0 Å². The van der Waals surface area contributed by atoms with E-state index < -0.39 is 0 Å². The van der Waals surface area contributed by atoms with Crippen LogP contribution in [-0.2, 0) is 0 Å². The van der Waals surface area contributed by atoms with Gasteiger partial charge in [0.15, 0.2) is 23.2 Å². The van der Waals surface area contributed by atoms with Crippen LogP contribution in [0.1, 0.15) is 0 Å². The molecule has 0 unspecified atom stereocenters. The molecule has 5 nitrogen and oxygen atoms in total. The van der Waals surface area contributed by atoms with Crippen LogP contribution in [0, 0.1) is 6.57 Å². The molecule has 0 saturated heterocycles. The first-order valence-electron chi connectivity index (χ1n) is 14.6. The van der Waals surface area contributed by atoms with Crippen LogP contribution in [0.5, 0.6) is 0 Å². The Balaban J connectivity index is 1.24. The molecule has 8 aromatic rings. The molecule has 0 aliphatic heterocycles. The second kappa shape index (κ2) is 11.0. The van der Waals surface area contributed by atoms with E-state index >= 15 is 0 Å². The minimum Gasteiger partial charge on any atom is -0.455 e. The summed E-state index contributed by atoms with van der Waals surface area (Å²) in [5.74, 6) is 1.88. The molecule has 5 heteroatoms. The SMILES string of the molecule is [C-]#[N+]c1ccc(-c2ccc(-c3ccc(-c4nc(-c5ccccc5)nc(-c5ccccc5)n4)cc3)c3oc4ccccc4c23)cc1. The van der Waals surface area contributed by atoms with Gasteiger partial charge in [0.05, 0.1) is 6.57 Å². The maximum Gasteiger partial charge on any atom is 0.187 e. The van der Waals surface area contributed by atoms with Gasteiger partial charge in [-0.1, -0.05) is 133 Å². The predicted molar refractivity (Wildman–Crippen MR) is 181 cm³/mol. The molecule has 0 spiro atoms. The first kappa shape index (κ1) is 26.3. The molecule has 0 N–H and O–H groups in total. The fraction of sp³-hybridized carbons (Fsp3) is 0. The minimum atomic E-state index is 0.612. The van der Waals surface area contributed by atoms with E-state index in [4.69, 9.17) is 25.9 Å². The van der Waals surface area contributed by atoms with Crippen molar-refractivity contribution in [1.29, 1.82) is 0 Å². The van der Waals surface area contributed by atoms with Crippen LogP contribution >= 0.6 is 0 Å². The molecule has 0 aliphatic rings. The smallest absolute Gasteiger partial charge is 0.187 e. The van der Waals surface area contributed by atoms with Crippen LogP contribution in [0.4, 0.5) is 5.69 Å². The number of furan rings is 1. The quantitative estimate of drug-likeness (QED) is 0.191. The van der Waals surface area contributed by atoms with E-state index in [2.05, 4.69) is 47.3 Å². The van der Waals surface area contributed by atoms with Gasteiger partial charge < -0.3 is 4.42 Å². The first-order valence-corrected chi connectivity index (χ1v) is 14.6. The number of para-hydroxylation sites is 1. The monoisotopic (exact) mass is 576 g/mol. The average molecular weight is 577 g/mol. The number of fused-ring (bicyclic) bond motifs is 3. The number of hydrogen-bond acceptors (Lipinski definition) is 4. The standard InChI is InChI=1S/C40H24N4O/c1-41-31-22-20-26(21-23-31)32-24-25-33(37-36(32)34-14-8-9-15-35(34)45-37)27-16-18-30(19-17-27)40-43-38(28-10-4-2-5-11-28)42-39(44-40)29-12-6-3-7-13-29/h2-25H. The van der Waals surface area contributed by atoms with Gasteiger partial charge in [-0.3, -0.25) is 0 Å². The van der Waals surface area contributed by atoms with Crippen LogP contribution in [-0.4, -0.2) is 15.0 Å². The normalized spacial score (nSPS) is 11.1. The lowest BCUT2D eigenvalue weighted by atomic mass is 9.94. The molecule has 0 bridgehead atoms. The molecule has 45 heavy (non-hydrogen) atoms. The summed E-state index contributed by atoms with van der Waals surface area (Å²) in [5.41, 5.74) is 9.19. The summed E-state index contributed by atoms with van der Waals surface area (Å²) in [6.07, 6.45) is 0. The Morgan fingerprint density at radius 1 is 0.444 bits per heavy atom. The van der Waals surface area contributed by atoms with E-state index in [1.807, 2.05) is 103 Å². The second-order valence-corrected chi connectivity index (χ2v) is 10.7. The van der Waals surface area contributed by atoms with Gasteiger partial charge in [-0.15, -0.1) is 0 Å². The van der Waals surface area contributed by atoms with Crippen molar-refractivity contribution in [3.8, 4) is 56.4 Å². The lowest BCUT2D eigenvalue weighted by Crippen LogP contribution is -2.00. The summed E-state index contributed by atoms with van der Waals surface area (Å²) >= 11 is 0. The highest BCUT2D eigenvalue weighted by molar-refractivity contribution is 6.16. The number of nitrogens with zero attached hydrogens (tertiary/aromatic N) is 4. The largest absolute Gasteiger partial charge is 0.455 e. The zero-order valence-corrected chi connectivity index (χ0v) is 24.1. The maximum absolute atomic E-state index is 7.33. The predicted octanol–water partition coefficient (Wildman–Crippen LogP) is 10.7. The number of benzene rings is 6. The van der Waals surface area contributed by atoms with Crippen molar-refractivity contribution in [2.45, 2.75) is 0 Å². The van der Waals surface area contributed by atoms with Crippen LogP contribution in [0.15, 0.2) is 150 Å².